The maximum atomic E-state index is 11.8. The molecule has 102 valence electrons. The van der Waals surface area contributed by atoms with E-state index in [0.717, 1.165) is 11.1 Å². The SMILES string of the molecule is Nc1ccccc1-c1cnn(CCOC(F)(F)F)c1. The smallest absolute Gasteiger partial charge is 0.398 e. The first kappa shape index (κ1) is 13.4. The average Bonchev–Trinajstić information content (AvgIpc) is 2.76. The molecule has 1 aromatic heterocycles. The van der Waals surface area contributed by atoms with Gasteiger partial charge in [0.2, 0.25) is 0 Å². The number of nitrogens with two attached hydrogens (primary N) is 1. The van der Waals surface area contributed by atoms with Gasteiger partial charge in [-0.1, -0.05) is 18.2 Å². The molecule has 1 heterocycles. The van der Waals surface area contributed by atoms with E-state index in [1.165, 1.54) is 4.68 Å². The molecule has 0 saturated carbocycles. The maximum Gasteiger partial charge on any atom is 0.522 e. The van der Waals surface area contributed by atoms with E-state index in [2.05, 4.69) is 9.84 Å². The summed E-state index contributed by atoms with van der Waals surface area (Å²) in [4.78, 5) is 0. The molecule has 0 aliphatic heterocycles. The Morgan fingerprint density at radius 3 is 2.68 bits per heavy atom. The van der Waals surface area contributed by atoms with E-state index in [0.29, 0.717) is 5.69 Å². The minimum absolute atomic E-state index is 0.0201. The highest BCUT2D eigenvalue weighted by Crippen LogP contribution is 2.24. The zero-order chi connectivity index (χ0) is 13.9. The van der Waals surface area contributed by atoms with Crippen molar-refractivity contribution >= 4 is 5.69 Å². The van der Waals surface area contributed by atoms with Gasteiger partial charge in [0.15, 0.2) is 0 Å². The van der Waals surface area contributed by atoms with Gasteiger partial charge in [-0.05, 0) is 6.07 Å². The fourth-order valence-electron chi connectivity index (χ4n) is 1.64. The van der Waals surface area contributed by atoms with Crippen LogP contribution in [-0.4, -0.2) is 22.7 Å². The van der Waals surface area contributed by atoms with Crippen LogP contribution in [0.2, 0.25) is 0 Å². The molecule has 0 unspecified atom stereocenters. The molecule has 0 aliphatic rings. The highest BCUT2D eigenvalue weighted by molar-refractivity contribution is 5.75. The molecule has 4 nitrogen and oxygen atoms in total. The molecule has 2 rings (SSSR count). The zero-order valence-electron chi connectivity index (χ0n) is 9.89. The Kier molecular flexibility index (Phi) is 3.75. The van der Waals surface area contributed by atoms with Gasteiger partial charge in [0, 0.05) is 23.0 Å². The number of anilines is 1. The summed E-state index contributed by atoms with van der Waals surface area (Å²) in [5.74, 6) is 0. The second-order valence-corrected chi connectivity index (χ2v) is 3.87. The monoisotopic (exact) mass is 271 g/mol. The van der Waals surface area contributed by atoms with E-state index in [1.807, 2.05) is 12.1 Å². The Labute approximate surface area is 107 Å². The number of nitrogen functional groups attached to an aromatic ring is 1. The Morgan fingerprint density at radius 1 is 1.26 bits per heavy atom. The van der Waals surface area contributed by atoms with Crippen LogP contribution >= 0.6 is 0 Å². The highest BCUT2D eigenvalue weighted by atomic mass is 19.4. The van der Waals surface area contributed by atoms with Gasteiger partial charge in [-0.25, -0.2) is 0 Å². The predicted octanol–water partition coefficient (Wildman–Crippen LogP) is 2.67. The summed E-state index contributed by atoms with van der Waals surface area (Å²) < 4.78 is 40.5. The first-order valence-electron chi connectivity index (χ1n) is 5.54. The lowest BCUT2D eigenvalue weighted by Gasteiger charge is -2.06. The molecule has 2 N–H and O–H groups in total. The number of alkyl halides is 3. The predicted molar refractivity (Wildman–Crippen MR) is 64.1 cm³/mol. The average molecular weight is 271 g/mol. The summed E-state index contributed by atoms with van der Waals surface area (Å²) in [5, 5.41) is 3.97. The van der Waals surface area contributed by atoms with Crippen LogP contribution in [0.3, 0.4) is 0 Å². The van der Waals surface area contributed by atoms with Crippen LogP contribution in [-0.2, 0) is 11.3 Å². The third-order valence-electron chi connectivity index (χ3n) is 2.49. The molecule has 0 bridgehead atoms. The van der Waals surface area contributed by atoms with Crippen molar-refractivity contribution in [3.8, 4) is 11.1 Å². The Hall–Kier alpha value is -2.02. The molecular weight excluding hydrogens is 259 g/mol. The largest absolute Gasteiger partial charge is 0.522 e. The van der Waals surface area contributed by atoms with Crippen molar-refractivity contribution in [3.05, 3.63) is 36.7 Å². The lowest BCUT2D eigenvalue weighted by molar-refractivity contribution is -0.325. The number of nitrogens with zero attached hydrogens (tertiary/aromatic N) is 2. The Balaban J connectivity index is 2.02. The van der Waals surface area contributed by atoms with E-state index in [9.17, 15) is 13.2 Å². The fraction of sp³-hybridized carbons (Fsp3) is 0.250. The number of aromatic nitrogens is 2. The summed E-state index contributed by atoms with van der Waals surface area (Å²) in [6.07, 6.45) is -1.43. The molecule has 2 aromatic rings. The lowest BCUT2D eigenvalue weighted by atomic mass is 10.1. The third kappa shape index (κ3) is 3.72. The van der Waals surface area contributed by atoms with Crippen LogP contribution in [0.25, 0.3) is 11.1 Å². The van der Waals surface area contributed by atoms with Crippen molar-refractivity contribution in [2.45, 2.75) is 12.9 Å². The zero-order valence-corrected chi connectivity index (χ0v) is 9.89. The number of benzene rings is 1. The van der Waals surface area contributed by atoms with Crippen LogP contribution in [0.1, 0.15) is 0 Å². The molecule has 0 amide bonds. The molecule has 0 saturated heterocycles. The number of hydrogen-bond acceptors (Lipinski definition) is 3. The molecule has 1 aromatic carbocycles. The summed E-state index contributed by atoms with van der Waals surface area (Å²) in [5.41, 5.74) is 7.95. The minimum Gasteiger partial charge on any atom is -0.398 e. The maximum absolute atomic E-state index is 11.8. The van der Waals surface area contributed by atoms with Crippen molar-refractivity contribution in [1.82, 2.24) is 9.78 Å². The number of hydrogen-bond donors (Lipinski definition) is 1. The number of ether oxygens (including phenoxy) is 1. The molecule has 0 atom stereocenters. The van der Waals surface area contributed by atoms with E-state index in [4.69, 9.17) is 5.73 Å². The normalized spacial score (nSPS) is 11.7. The standard InChI is InChI=1S/C12H12F3N3O/c13-12(14,15)19-6-5-18-8-9(7-17-18)10-3-1-2-4-11(10)16/h1-4,7-8H,5-6,16H2. The quantitative estimate of drug-likeness (QED) is 0.870. The van der Waals surface area contributed by atoms with Crippen molar-refractivity contribution < 1.29 is 17.9 Å². The van der Waals surface area contributed by atoms with Crippen molar-refractivity contribution in [1.29, 1.82) is 0 Å². The Morgan fingerprint density at radius 2 is 2.00 bits per heavy atom. The topological polar surface area (TPSA) is 53.1 Å². The minimum atomic E-state index is -4.61. The summed E-state index contributed by atoms with van der Waals surface area (Å²) >= 11 is 0. The highest BCUT2D eigenvalue weighted by Gasteiger charge is 2.28. The molecule has 0 fully saturated rings. The van der Waals surface area contributed by atoms with E-state index in [-0.39, 0.29) is 6.54 Å². The van der Waals surface area contributed by atoms with Crippen LogP contribution in [0.5, 0.6) is 0 Å². The van der Waals surface area contributed by atoms with Gasteiger partial charge in [-0.2, -0.15) is 5.10 Å². The first-order valence-corrected chi connectivity index (χ1v) is 5.54. The lowest BCUT2D eigenvalue weighted by Crippen LogP contribution is -2.17. The fourth-order valence-corrected chi connectivity index (χ4v) is 1.64. The van der Waals surface area contributed by atoms with Crippen molar-refractivity contribution in [2.24, 2.45) is 0 Å². The molecule has 0 aliphatic carbocycles. The molecule has 7 heteroatoms. The Bertz CT molecular complexity index is 551. The third-order valence-corrected chi connectivity index (χ3v) is 2.49. The van der Waals surface area contributed by atoms with Crippen LogP contribution < -0.4 is 5.73 Å². The van der Waals surface area contributed by atoms with Gasteiger partial charge >= 0.3 is 6.36 Å². The van der Waals surface area contributed by atoms with Crippen molar-refractivity contribution in [2.75, 3.05) is 12.3 Å². The van der Waals surface area contributed by atoms with Gasteiger partial charge in [0.05, 0.1) is 19.3 Å². The van der Waals surface area contributed by atoms with Gasteiger partial charge < -0.3 is 5.73 Å². The molecular formula is C12H12F3N3O. The van der Waals surface area contributed by atoms with Gasteiger partial charge in [-0.15, -0.1) is 13.2 Å². The second kappa shape index (κ2) is 5.31. The number of rotatable bonds is 4. The number of para-hydroxylation sites is 1. The second-order valence-electron chi connectivity index (χ2n) is 3.87. The van der Waals surface area contributed by atoms with E-state index >= 15 is 0 Å². The summed E-state index contributed by atoms with van der Waals surface area (Å²) in [6, 6.07) is 7.21. The van der Waals surface area contributed by atoms with E-state index < -0.39 is 13.0 Å². The van der Waals surface area contributed by atoms with E-state index in [1.54, 1.807) is 24.5 Å². The van der Waals surface area contributed by atoms with Gasteiger partial charge in [0.1, 0.15) is 0 Å². The number of halogens is 3. The van der Waals surface area contributed by atoms with Gasteiger partial charge in [0.25, 0.3) is 0 Å². The molecule has 19 heavy (non-hydrogen) atoms. The first-order chi connectivity index (χ1) is 8.96. The van der Waals surface area contributed by atoms with Crippen LogP contribution in [0, 0.1) is 0 Å². The van der Waals surface area contributed by atoms with Gasteiger partial charge in [-0.3, -0.25) is 9.42 Å². The molecule has 0 radical (unpaired) electrons. The van der Waals surface area contributed by atoms with Crippen LogP contribution in [0.15, 0.2) is 36.7 Å². The van der Waals surface area contributed by atoms with Crippen molar-refractivity contribution in [3.63, 3.8) is 0 Å². The van der Waals surface area contributed by atoms with Crippen LogP contribution in [0.4, 0.5) is 18.9 Å². The summed E-state index contributed by atoms with van der Waals surface area (Å²) in [6.45, 7) is -0.457. The summed E-state index contributed by atoms with van der Waals surface area (Å²) in [7, 11) is 0. The molecule has 0 spiro atoms.